The van der Waals surface area contributed by atoms with E-state index in [-0.39, 0.29) is 12.1 Å². The number of aliphatic hydroxyl groups excluding tert-OH is 1. The van der Waals surface area contributed by atoms with Gasteiger partial charge in [-0.05, 0) is 44.3 Å². The van der Waals surface area contributed by atoms with E-state index in [2.05, 4.69) is 28.5 Å². The maximum Gasteiger partial charge on any atom is 0.169 e. The molecule has 1 atom stereocenters. The van der Waals surface area contributed by atoms with Crippen LogP contribution in [0.3, 0.4) is 0 Å². The van der Waals surface area contributed by atoms with Crippen molar-refractivity contribution in [2.24, 2.45) is 0 Å². The molecule has 0 bridgehead atoms. The van der Waals surface area contributed by atoms with Gasteiger partial charge in [0.15, 0.2) is 4.34 Å². The first-order chi connectivity index (χ1) is 8.70. The number of nitrogens with one attached hydrogen (secondary N) is 1. The topological polar surface area (TPSA) is 58.0 Å². The fourth-order valence-corrected chi connectivity index (χ4v) is 3.17. The molecule has 1 unspecified atom stereocenters. The van der Waals surface area contributed by atoms with Gasteiger partial charge in [0.2, 0.25) is 0 Å². The highest BCUT2D eigenvalue weighted by atomic mass is 32.2. The van der Waals surface area contributed by atoms with Crippen LogP contribution in [0.4, 0.5) is 0 Å². The van der Waals surface area contributed by atoms with Crippen molar-refractivity contribution in [3.8, 4) is 0 Å². The van der Waals surface area contributed by atoms with Crippen molar-refractivity contribution in [1.82, 2.24) is 14.7 Å². The molecule has 1 heterocycles. The third-order valence-corrected chi connectivity index (χ3v) is 4.72. The molecular formula is C12H23N3OS2. The van der Waals surface area contributed by atoms with Crippen LogP contribution < -0.4 is 5.32 Å². The minimum Gasteiger partial charge on any atom is -0.394 e. The third kappa shape index (κ3) is 6.13. The zero-order valence-electron chi connectivity index (χ0n) is 11.2. The summed E-state index contributed by atoms with van der Waals surface area (Å²) in [7, 11) is 0. The summed E-state index contributed by atoms with van der Waals surface area (Å²) in [6.07, 6.45) is 5.99. The first-order valence-electron chi connectivity index (χ1n) is 6.45. The summed E-state index contributed by atoms with van der Waals surface area (Å²) in [4.78, 5) is 4.14. The summed E-state index contributed by atoms with van der Waals surface area (Å²) < 4.78 is 5.02. The predicted octanol–water partition coefficient (Wildman–Crippen LogP) is 2.55. The van der Waals surface area contributed by atoms with Crippen LogP contribution in [0.15, 0.2) is 10.7 Å². The molecule has 0 saturated carbocycles. The number of rotatable bonds is 10. The second-order valence-corrected chi connectivity index (χ2v) is 6.78. The summed E-state index contributed by atoms with van der Waals surface area (Å²) >= 11 is 3.22. The first kappa shape index (κ1) is 15.9. The Morgan fingerprint density at radius 3 is 2.94 bits per heavy atom. The van der Waals surface area contributed by atoms with Crippen LogP contribution >= 0.6 is 23.3 Å². The first-order valence-corrected chi connectivity index (χ1v) is 8.21. The molecule has 1 rings (SSSR count). The van der Waals surface area contributed by atoms with Gasteiger partial charge in [-0.15, -0.1) is 0 Å². The second kappa shape index (κ2) is 8.85. The van der Waals surface area contributed by atoms with Crippen LogP contribution in [0.2, 0.25) is 0 Å². The Morgan fingerprint density at radius 1 is 1.50 bits per heavy atom. The molecule has 0 spiro atoms. The van der Waals surface area contributed by atoms with E-state index < -0.39 is 0 Å². The van der Waals surface area contributed by atoms with Crippen LogP contribution in [0.25, 0.3) is 0 Å². The SMILES string of the molecule is CCCNC(C)(CO)CCCCSc1ncns1. The molecule has 0 aliphatic rings. The van der Waals surface area contributed by atoms with Crippen LogP contribution in [0.1, 0.15) is 39.5 Å². The van der Waals surface area contributed by atoms with E-state index in [1.54, 1.807) is 18.1 Å². The lowest BCUT2D eigenvalue weighted by molar-refractivity contribution is 0.163. The van der Waals surface area contributed by atoms with Crippen molar-refractivity contribution in [3.05, 3.63) is 6.33 Å². The highest BCUT2D eigenvalue weighted by Gasteiger charge is 2.21. The van der Waals surface area contributed by atoms with Gasteiger partial charge < -0.3 is 10.4 Å². The molecule has 4 nitrogen and oxygen atoms in total. The van der Waals surface area contributed by atoms with Crippen molar-refractivity contribution in [2.75, 3.05) is 18.9 Å². The van der Waals surface area contributed by atoms with Gasteiger partial charge in [-0.3, -0.25) is 0 Å². The normalized spacial score (nSPS) is 14.6. The number of hydrogen-bond donors (Lipinski definition) is 2. The Kier molecular flexibility index (Phi) is 7.81. The fourth-order valence-electron chi connectivity index (χ4n) is 1.65. The van der Waals surface area contributed by atoms with E-state index in [1.165, 1.54) is 11.5 Å². The highest BCUT2D eigenvalue weighted by Crippen LogP contribution is 2.21. The van der Waals surface area contributed by atoms with Gasteiger partial charge in [-0.1, -0.05) is 25.1 Å². The van der Waals surface area contributed by atoms with Crippen molar-refractivity contribution in [1.29, 1.82) is 0 Å². The van der Waals surface area contributed by atoms with Crippen molar-refractivity contribution < 1.29 is 5.11 Å². The Bertz CT molecular complexity index is 308. The van der Waals surface area contributed by atoms with Gasteiger partial charge in [0, 0.05) is 11.3 Å². The molecular weight excluding hydrogens is 266 g/mol. The third-order valence-electron chi connectivity index (χ3n) is 2.84. The van der Waals surface area contributed by atoms with Gasteiger partial charge in [0.25, 0.3) is 0 Å². The van der Waals surface area contributed by atoms with Crippen LogP contribution in [0.5, 0.6) is 0 Å². The minimum atomic E-state index is -0.122. The number of nitrogens with zero attached hydrogens (tertiary/aromatic N) is 2. The van der Waals surface area contributed by atoms with Gasteiger partial charge in [-0.2, -0.15) is 4.37 Å². The van der Waals surface area contributed by atoms with E-state index in [0.717, 1.165) is 42.3 Å². The second-order valence-electron chi connectivity index (χ2n) is 4.66. The molecule has 6 heteroatoms. The molecule has 1 aromatic rings. The number of thioether (sulfide) groups is 1. The molecule has 0 saturated heterocycles. The molecule has 0 amide bonds. The molecule has 0 fully saturated rings. The monoisotopic (exact) mass is 289 g/mol. The van der Waals surface area contributed by atoms with E-state index in [1.807, 2.05) is 0 Å². The maximum absolute atomic E-state index is 9.43. The van der Waals surface area contributed by atoms with Gasteiger partial charge in [0.1, 0.15) is 6.33 Å². The maximum atomic E-state index is 9.43. The average molecular weight is 289 g/mol. The van der Waals surface area contributed by atoms with Gasteiger partial charge in [-0.25, -0.2) is 4.98 Å². The lowest BCUT2D eigenvalue weighted by Gasteiger charge is -2.28. The summed E-state index contributed by atoms with van der Waals surface area (Å²) in [6, 6.07) is 0. The van der Waals surface area contributed by atoms with Gasteiger partial charge >= 0.3 is 0 Å². The van der Waals surface area contributed by atoms with Crippen LogP contribution in [-0.4, -0.2) is 38.9 Å². The van der Waals surface area contributed by atoms with Crippen LogP contribution in [-0.2, 0) is 0 Å². The predicted molar refractivity (Wildman–Crippen MR) is 78.3 cm³/mol. The Balaban J connectivity index is 2.11. The van der Waals surface area contributed by atoms with Crippen LogP contribution in [0, 0.1) is 0 Å². The average Bonchev–Trinajstić information content (AvgIpc) is 2.89. The standard InChI is InChI=1S/C12H23N3OS2/c1-3-7-14-12(2,9-16)6-4-5-8-17-11-13-10-15-18-11/h10,14,16H,3-9H2,1-2H3. The molecule has 0 radical (unpaired) electrons. The van der Waals surface area contributed by atoms with Crippen molar-refractivity contribution >= 4 is 23.3 Å². The van der Waals surface area contributed by atoms with E-state index in [0.29, 0.717) is 0 Å². The molecule has 104 valence electrons. The Hall–Kier alpha value is -0.170. The molecule has 0 aliphatic heterocycles. The number of aromatic nitrogens is 2. The summed E-state index contributed by atoms with van der Waals surface area (Å²) in [5.41, 5.74) is -0.122. The zero-order chi connectivity index (χ0) is 13.3. The molecule has 2 N–H and O–H groups in total. The largest absolute Gasteiger partial charge is 0.394 e. The highest BCUT2D eigenvalue weighted by molar-refractivity contribution is 8.00. The van der Waals surface area contributed by atoms with Crippen molar-refractivity contribution in [2.45, 2.75) is 49.4 Å². The fraction of sp³-hybridized carbons (Fsp3) is 0.833. The van der Waals surface area contributed by atoms with E-state index in [4.69, 9.17) is 0 Å². The quantitative estimate of drug-likeness (QED) is 0.512. The molecule has 0 aliphatic carbocycles. The number of hydrogen-bond acceptors (Lipinski definition) is 6. The minimum absolute atomic E-state index is 0.122. The summed E-state index contributed by atoms with van der Waals surface area (Å²) in [6.45, 7) is 5.41. The van der Waals surface area contributed by atoms with Gasteiger partial charge in [0.05, 0.1) is 6.61 Å². The number of unbranched alkanes of at least 4 members (excludes halogenated alkanes) is 1. The number of aliphatic hydroxyl groups is 1. The smallest absolute Gasteiger partial charge is 0.169 e. The van der Waals surface area contributed by atoms with Crippen molar-refractivity contribution in [3.63, 3.8) is 0 Å². The lowest BCUT2D eigenvalue weighted by atomic mass is 9.96. The Labute approximate surface area is 118 Å². The van der Waals surface area contributed by atoms with E-state index >= 15 is 0 Å². The molecule has 18 heavy (non-hydrogen) atoms. The van der Waals surface area contributed by atoms with E-state index in [9.17, 15) is 5.11 Å². The Morgan fingerprint density at radius 2 is 2.33 bits per heavy atom. The molecule has 0 aromatic carbocycles. The summed E-state index contributed by atoms with van der Waals surface area (Å²) in [5, 5.41) is 12.9. The lowest BCUT2D eigenvalue weighted by Crippen LogP contribution is -2.46. The zero-order valence-corrected chi connectivity index (χ0v) is 12.8. The molecule has 1 aromatic heterocycles. The summed E-state index contributed by atoms with van der Waals surface area (Å²) in [5.74, 6) is 1.07.